The predicted octanol–water partition coefficient (Wildman–Crippen LogP) is 5.33. The van der Waals surface area contributed by atoms with E-state index in [1.165, 1.54) is 11.3 Å². The number of carbonyl (C=O) groups is 3. The normalized spacial score (nSPS) is 19.8. The number of likely N-dealkylation sites (N-methyl/N-ethyl adjacent to an activating group) is 1. The van der Waals surface area contributed by atoms with Crippen molar-refractivity contribution in [1.29, 1.82) is 0 Å². The number of ether oxygens (including phenoxy) is 1. The van der Waals surface area contributed by atoms with Gasteiger partial charge in [0.05, 0.1) is 23.9 Å². The van der Waals surface area contributed by atoms with Crippen LogP contribution in [0.3, 0.4) is 0 Å². The topological polar surface area (TPSA) is 91.0 Å². The molecule has 0 spiro atoms. The molecule has 8 heteroatoms. The first-order valence-electron chi connectivity index (χ1n) is 14.7. The average molecular weight is 565 g/mol. The van der Waals surface area contributed by atoms with Gasteiger partial charge in [0.1, 0.15) is 17.5 Å². The van der Waals surface area contributed by atoms with E-state index >= 15 is 0 Å². The maximum absolute atomic E-state index is 14.3. The van der Waals surface area contributed by atoms with Crippen LogP contribution in [0, 0.1) is 0 Å². The molecule has 0 saturated heterocycles. The number of amides is 4. The molecule has 0 unspecified atom stereocenters. The molecule has 4 amide bonds. The van der Waals surface area contributed by atoms with Gasteiger partial charge in [0.15, 0.2) is 0 Å². The summed E-state index contributed by atoms with van der Waals surface area (Å²) >= 11 is 0. The SMILES string of the molecule is CN1C(=O)N[C@H](c2cccc(Oc3ccccc3)c2)C2=C1CN([C@@H](Cc1ccccc1)C(=O)NC1CCCCC1)C2=O. The van der Waals surface area contributed by atoms with Crippen molar-refractivity contribution in [2.75, 3.05) is 13.6 Å². The lowest BCUT2D eigenvalue weighted by atomic mass is 9.94. The summed E-state index contributed by atoms with van der Waals surface area (Å²) in [6.45, 7) is 0.185. The molecule has 216 valence electrons. The smallest absolute Gasteiger partial charge is 0.322 e. The van der Waals surface area contributed by atoms with Gasteiger partial charge in [-0.1, -0.05) is 79.9 Å². The highest BCUT2D eigenvalue weighted by atomic mass is 16.5. The third kappa shape index (κ3) is 5.75. The molecule has 2 aliphatic heterocycles. The summed E-state index contributed by atoms with van der Waals surface area (Å²) in [5, 5.41) is 6.25. The minimum absolute atomic E-state index is 0.121. The fourth-order valence-corrected chi connectivity index (χ4v) is 6.20. The van der Waals surface area contributed by atoms with E-state index in [4.69, 9.17) is 4.74 Å². The highest BCUT2D eigenvalue weighted by Crippen LogP contribution is 2.38. The number of nitrogens with zero attached hydrogens (tertiary/aromatic N) is 2. The molecule has 2 heterocycles. The number of para-hydroxylation sites is 1. The van der Waals surface area contributed by atoms with Crippen LogP contribution in [0.2, 0.25) is 0 Å². The monoisotopic (exact) mass is 564 g/mol. The Morgan fingerprint density at radius 2 is 1.62 bits per heavy atom. The molecule has 6 rings (SSSR count). The predicted molar refractivity (Wildman–Crippen MR) is 160 cm³/mol. The summed E-state index contributed by atoms with van der Waals surface area (Å²) in [6.07, 6.45) is 5.68. The van der Waals surface area contributed by atoms with E-state index in [0.29, 0.717) is 29.2 Å². The minimum Gasteiger partial charge on any atom is -0.457 e. The number of nitrogens with one attached hydrogen (secondary N) is 2. The molecule has 42 heavy (non-hydrogen) atoms. The Hall–Kier alpha value is -4.59. The van der Waals surface area contributed by atoms with Crippen LogP contribution >= 0.6 is 0 Å². The van der Waals surface area contributed by atoms with E-state index < -0.39 is 12.1 Å². The zero-order valence-electron chi connectivity index (χ0n) is 23.8. The van der Waals surface area contributed by atoms with Crippen molar-refractivity contribution in [2.45, 2.75) is 56.7 Å². The van der Waals surface area contributed by atoms with Gasteiger partial charge in [-0.3, -0.25) is 14.5 Å². The van der Waals surface area contributed by atoms with Gasteiger partial charge in [0.2, 0.25) is 5.91 Å². The van der Waals surface area contributed by atoms with E-state index in [0.717, 1.165) is 36.8 Å². The van der Waals surface area contributed by atoms with Crippen molar-refractivity contribution in [3.63, 3.8) is 0 Å². The van der Waals surface area contributed by atoms with Crippen LogP contribution in [-0.2, 0) is 16.0 Å². The Kier molecular flexibility index (Phi) is 7.95. The van der Waals surface area contributed by atoms with Crippen molar-refractivity contribution >= 4 is 17.8 Å². The largest absolute Gasteiger partial charge is 0.457 e. The lowest BCUT2D eigenvalue weighted by Crippen LogP contribution is -2.52. The van der Waals surface area contributed by atoms with Crippen LogP contribution in [0.4, 0.5) is 4.79 Å². The molecular formula is C34H36N4O4. The quantitative estimate of drug-likeness (QED) is 0.387. The summed E-state index contributed by atoms with van der Waals surface area (Å²) in [5.74, 6) is 0.912. The number of hydrogen-bond acceptors (Lipinski definition) is 4. The van der Waals surface area contributed by atoms with Crippen LogP contribution < -0.4 is 15.4 Å². The second kappa shape index (κ2) is 12.1. The zero-order valence-corrected chi connectivity index (χ0v) is 23.8. The maximum Gasteiger partial charge on any atom is 0.322 e. The van der Waals surface area contributed by atoms with Crippen molar-refractivity contribution in [3.8, 4) is 11.5 Å². The van der Waals surface area contributed by atoms with E-state index in [-0.39, 0.29) is 30.4 Å². The molecule has 0 aromatic heterocycles. The molecule has 0 bridgehead atoms. The van der Waals surface area contributed by atoms with Gasteiger partial charge in [-0.15, -0.1) is 0 Å². The molecule has 1 fully saturated rings. The minimum atomic E-state index is -0.704. The number of hydrogen-bond donors (Lipinski definition) is 2. The molecule has 3 aromatic carbocycles. The Bertz CT molecular complexity index is 1480. The van der Waals surface area contributed by atoms with E-state index in [1.54, 1.807) is 11.9 Å². The Morgan fingerprint density at radius 3 is 2.36 bits per heavy atom. The summed E-state index contributed by atoms with van der Waals surface area (Å²) in [5.41, 5.74) is 2.81. The molecule has 1 aliphatic carbocycles. The summed E-state index contributed by atoms with van der Waals surface area (Å²) < 4.78 is 6.04. The lowest BCUT2D eigenvalue weighted by molar-refractivity contribution is -0.137. The lowest BCUT2D eigenvalue weighted by Gasteiger charge is -2.31. The Labute approximate surface area is 246 Å². The highest BCUT2D eigenvalue weighted by molar-refractivity contribution is 6.03. The van der Waals surface area contributed by atoms with Crippen LogP contribution in [-0.4, -0.2) is 53.3 Å². The molecule has 2 atom stereocenters. The van der Waals surface area contributed by atoms with Gasteiger partial charge in [-0.05, 0) is 48.2 Å². The fourth-order valence-electron chi connectivity index (χ4n) is 6.20. The van der Waals surface area contributed by atoms with Crippen molar-refractivity contribution in [1.82, 2.24) is 20.4 Å². The van der Waals surface area contributed by atoms with Gasteiger partial charge in [0.25, 0.3) is 5.91 Å². The summed E-state index contributed by atoms with van der Waals surface area (Å²) in [6, 6.07) is 25.1. The van der Waals surface area contributed by atoms with Gasteiger partial charge in [0, 0.05) is 19.5 Å². The molecule has 0 radical (unpaired) electrons. The van der Waals surface area contributed by atoms with E-state index in [1.807, 2.05) is 84.9 Å². The highest BCUT2D eigenvalue weighted by Gasteiger charge is 2.46. The zero-order chi connectivity index (χ0) is 29.1. The first-order chi connectivity index (χ1) is 20.5. The average Bonchev–Trinajstić information content (AvgIpc) is 3.36. The first kappa shape index (κ1) is 27.6. The van der Waals surface area contributed by atoms with Gasteiger partial charge >= 0.3 is 6.03 Å². The van der Waals surface area contributed by atoms with Crippen molar-refractivity contribution < 1.29 is 19.1 Å². The second-order valence-corrected chi connectivity index (χ2v) is 11.3. The van der Waals surface area contributed by atoms with Crippen LogP contribution in [0.5, 0.6) is 11.5 Å². The van der Waals surface area contributed by atoms with Gasteiger partial charge < -0.3 is 20.3 Å². The van der Waals surface area contributed by atoms with Crippen molar-refractivity contribution in [2.24, 2.45) is 0 Å². The molecule has 1 saturated carbocycles. The number of urea groups is 1. The number of rotatable bonds is 8. The second-order valence-electron chi connectivity index (χ2n) is 11.3. The third-order valence-corrected chi connectivity index (χ3v) is 8.46. The van der Waals surface area contributed by atoms with E-state index in [9.17, 15) is 14.4 Å². The Balaban J connectivity index is 1.30. The molecule has 3 aliphatic rings. The van der Waals surface area contributed by atoms with Crippen molar-refractivity contribution in [3.05, 3.63) is 107 Å². The Morgan fingerprint density at radius 1 is 0.929 bits per heavy atom. The molecule has 2 N–H and O–H groups in total. The third-order valence-electron chi connectivity index (χ3n) is 8.46. The molecule has 8 nitrogen and oxygen atoms in total. The maximum atomic E-state index is 14.3. The summed E-state index contributed by atoms with van der Waals surface area (Å²) in [7, 11) is 1.67. The first-order valence-corrected chi connectivity index (χ1v) is 14.7. The van der Waals surface area contributed by atoms with E-state index in [2.05, 4.69) is 10.6 Å². The standard InChI is InChI=1S/C34H36N4O4/c1-37-29-22-38(28(20-23-12-5-2-6-13-23)32(39)35-25-15-7-3-8-16-25)33(40)30(29)31(36-34(37)41)24-14-11-19-27(21-24)42-26-17-9-4-10-18-26/h2,4-6,9-14,17-19,21,25,28,31H,3,7-8,15-16,20,22H2,1H3,(H,35,39)(H,36,41)/t28-,31+/m0/s1. The summed E-state index contributed by atoms with van der Waals surface area (Å²) in [4.78, 5) is 44.3. The van der Waals surface area contributed by atoms with Crippen LogP contribution in [0.1, 0.15) is 49.3 Å². The molecular weight excluding hydrogens is 528 g/mol. The number of benzene rings is 3. The molecule has 3 aromatic rings. The number of carbonyl (C=O) groups excluding carboxylic acids is 3. The van der Waals surface area contributed by atoms with Crippen LogP contribution in [0.25, 0.3) is 0 Å². The fraction of sp³-hybridized carbons (Fsp3) is 0.324. The van der Waals surface area contributed by atoms with Crippen LogP contribution in [0.15, 0.2) is 96.2 Å². The van der Waals surface area contributed by atoms with Gasteiger partial charge in [-0.2, -0.15) is 0 Å². The van der Waals surface area contributed by atoms with Gasteiger partial charge in [-0.25, -0.2) is 4.79 Å².